The van der Waals surface area contributed by atoms with Crippen molar-refractivity contribution in [2.75, 3.05) is 20.0 Å². The topological polar surface area (TPSA) is 78.3 Å². The molecule has 1 aromatic heterocycles. The molecule has 0 atom stereocenters. The molecular formula is C21H23ClN4O3S. The normalized spacial score (nSPS) is 10.7. The second-order valence-electron chi connectivity index (χ2n) is 6.31. The molecule has 0 saturated heterocycles. The first-order valence-electron chi connectivity index (χ1n) is 9.35. The lowest BCUT2D eigenvalue weighted by atomic mass is 10.2. The molecule has 0 aliphatic carbocycles. The number of carbonyl (C=O) groups excluding carboxylic acids is 1. The highest BCUT2D eigenvalue weighted by atomic mass is 35.5. The highest BCUT2D eigenvalue weighted by Crippen LogP contribution is 2.28. The Morgan fingerprint density at radius 3 is 2.50 bits per heavy atom. The number of amides is 1. The molecule has 0 radical (unpaired) electrons. The van der Waals surface area contributed by atoms with Gasteiger partial charge in [-0.3, -0.25) is 4.79 Å². The Hall–Kier alpha value is -2.71. The van der Waals surface area contributed by atoms with E-state index in [1.54, 1.807) is 14.2 Å². The van der Waals surface area contributed by atoms with Crippen LogP contribution in [0.5, 0.6) is 11.5 Å². The number of benzene rings is 2. The van der Waals surface area contributed by atoms with Gasteiger partial charge in [-0.25, -0.2) is 0 Å². The van der Waals surface area contributed by atoms with E-state index >= 15 is 0 Å². The van der Waals surface area contributed by atoms with Crippen molar-refractivity contribution in [3.63, 3.8) is 0 Å². The second-order valence-corrected chi connectivity index (χ2v) is 7.69. The molecule has 1 heterocycles. The van der Waals surface area contributed by atoms with Gasteiger partial charge in [0.15, 0.2) is 22.5 Å². The third-order valence-electron chi connectivity index (χ3n) is 4.41. The van der Waals surface area contributed by atoms with Gasteiger partial charge in [0.2, 0.25) is 5.91 Å². The molecule has 2 aromatic carbocycles. The second kappa shape index (κ2) is 10.4. The summed E-state index contributed by atoms with van der Waals surface area (Å²) in [6, 6.07) is 13.0. The summed E-state index contributed by atoms with van der Waals surface area (Å²) in [5.41, 5.74) is 1.85. The van der Waals surface area contributed by atoms with Gasteiger partial charge in [-0.15, -0.1) is 10.2 Å². The van der Waals surface area contributed by atoms with Gasteiger partial charge in [0.05, 0.1) is 20.0 Å². The summed E-state index contributed by atoms with van der Waals surface area (Å²) in [5, 5.41) is 12.8. The van der Waals surface area contributed by atoms with Crippen molar-refractivity contribution in [2.45, 2.75) is 25.2 Å². The lowest BCUT2D eigenvalue weighted by molar-refractivity contribution is -0.118. The molecule has 1 amide bonds. The van der Waals surface area contributed by atoms with Crippen LogP contribution in [0.2, 0.25) is 5.02 Å². The molecule has 0 saturated carbocycles. The van der Waals surface area contributed by atoms with Crippen molar-refractivity contribution in [1.29, 1.82) is 0 Å². The first-order chi connectivity index (χ1) is 14.5. The van der Waals surface area contributed by atoms with Crippen LogP contribution < -0.4 is 14.8 Å². The van der Waals surface area contributed by atoms with Crippen LogP contribution in [-0.4, -0.2) is 40.6 Å². The van der Waals surface area contributed by atoms with E-state index in [1.165, 1.54) is 11.8 Å². The molecular weight excluding hydrogens is 424 g/mol. The SMILES string of the molecule is CCn1c(SCC(=O)NCc2ccc(OC)c(OC)c2)nnc1-c1ccc(Cl)cc1. The Morgan fingerprint density at radius 1 is 1.10 bits per heavy atom. The number of methoxy groups -OCH3 is 2. The quantitative estimate of drug-likeness (QED) is 0.500. The summed E-state index contributed by atoms with van der Waals surface area (Å²) < 4.78 is 12.5. The van der Waals surface area contributed by atoms with Gasteiger partial charge in [-0.2, -0.15) is 0 Å². The van der Waals surface area contributed by atoms with Crippen molar-refractivity contribution in [3.8, 4) is 22.9 Å². The zero-order chi connectivity index (χ0) is 21.5. The van der Waals surface area contributed by atoms with Crippen LogP contribution >= 0.6 is 23.4 Å². The Kier molecular flexibility index (Phi) is 7.59. The minimum Gasteiger partial charge on any atom is -0.493 e. The number of thioether (sulfide) groups is 1. The van der Waals surface area contributed by atoms with E-state index < -0.39 is 0 Å². The van der Waals surface area contributed by atoms with Crippen molar-refractivity contribution in [3.05, 3.63) is 53.1 Å². The van der Waals surface area contributed by atoms with E-state index in [0.717, 1.165) is 17.0 Å². The van der Waals surface area contributed by atoms with Crippen LogP contribution in [-0.2, 0) is 17.9 Å². The highest BCUT2D eigenvalue weighted by molar-refractivity contribution is 7.99. The molecule has 0 bridgehead atoms. The molecule has 0 aliphatic rings. The third-order valence-corrected chi connectivity index (χ3v) is 5.62. The molecule has 30 heavy (non-hydrogen) atoms. The minimum atomic E-state index is -0.0894. The summed E-state index contributed by atoms with van der Waals surface area (Å²) in [6.45, 7) is 3.11. The van der Waals surface area contributed by atoms with Gasteiger partial charge in [0, 0.05) is 23.7 Å². The first kappa shape index (κ1) is 22.0. The van der Waals surface area contributed by atoms with Crippen molar-refractivity contribution < 1.29 is 14.3 Å². The molecule has 0 fully saturated rings. The molecule has 0 spiro atoms. The predicted molar refractivity (Wildman–Crippen MR) is 118 cm³/mol. The summed E-state index contributed by atoms with van der Waals surface area (Å²) in [4.78, 5) is 12.3. The van der Waals surface area contributed by atoms with Crippen LogP contribution in [0.4, 0.5) is 0 Å². The van der Waals surface area contributed by atoms with Crippen molar-refractivity contribution >= 4 is 29.3 Å². The van der Waals surface area contributed by atoms with Gasteiger partial charge >= 0.3 is 0 Å². The Bertz CT molecular complexity index is 1010. The van der Waals surface area contributed by atoms with Gasteiger partial charge in [-0.1, -0.05) is 29.4 Å². The molecule has 158 valence electrons. The summed E-state index contributed by atoms with van der Waals surface area (Å²) >= 11 is 7.32. The first-order valence-corrected chi connectivity index (χ1v) is 10.7. The number of nitrogens with one attached hydrogen (secondary N) is 1. The van der Waals surface area contributed by atoms with Crippen molar-refractivity contribution in [1.82, 2.24) is 20.1 Å². The van der Waals surface area contributed by atoms with E-state index in [2.05, 4.69) is 15.5 Å². The number of nitrogens with zero attached hydrogens (tertiary/aromatic N) is 3. The van der Waals surface area contributed by atoms with Gasteiger partial charge < -0.3 is 19.4 Å². The number of rotatable bonds is 9. The number of hydrogen-bond donors (Lipinski definition) is 1. The van der Waals surface area contributed by atoms with Crippen LogP contribution in [0.3, 0.4) is 0 Å². The fourth-order valence-corrected chi connectivity index (χ4v) is 3.82. The standard InChI is InChI=1S/C21H23ClN4O3S/c1-4-26-20(15-6-8-16(22)9-7-15)24-25-21(26)30-13-19(27)23-12-14-5-10-17(28-2)18(11-14)29-3/h5-11H,4,12-13H2,1-3H3,(H,23,27). The minimum absolute atomic E-state index is 0.0894. The number of hydrogen-bond acceptors (Lipinski definition) is 6. The summed E-state index contributed by atoms with van der Waals surface area (Å²) in [6.07, 6.45) is 0. The summed E-state index contributed by atoms with van der Waals surface area (Å²) in [5.74, 6) is 2.19. The molecule has 9 heteroatoms. The van der Waals surface area contributed by atoms with Crippen LogP contribution in [0.15, 0.2) is 47.6 Å². The number of aromatic nitrogens is 3. The van der Waals surface area contributed by atoms with Crippen LogP contribution in [0.1, 0.15) is 12.5 Å². The zero-order valence-electron chi connectivity index (χ0n) is 17.0. The molecule has 0 unspecified atom stereocenters. The Balaban J connectivity index is 1.59. The molecule has 7 nitrogen and oxygen atoms in total. The fraction of sp³-hybridized carbons (Fsp3) is 0.286. The smallest absolute Gasteiger partial charge is 0.230 e. The van der Waals surface area contributed by atoms with E-state index in [0.29, 0.717) is 34.8 Å². The van der Waals surface area contributed by atoms with Crippen LogP contribution in [0, 0.1) is 0 Å². The lowest BCUT2D eigenvalue weighted by Gasteiger charge is -2.10. The van der Waals surface area contributed by atoms with E-state index in [9.17, 15) is 4.79 Å². The lowest BCUT2D eigenvalue weighted by Crippen LogP contribution is -2.24. The number of ether oxygens (including phenoxy) is 2. The molecule has 0 aliphatic heterocycles. The van der Waals surface area contributed by atoms with Crippen LogP contribution in [0.25, 0.3) is 11.4 Å². The summed E-state index contributed by atoms with van der Waals surface area (Å²) in [7, 11) is 3.17. The predicted octanol–water partition coefficient (Wildman–Crippen LogP) is 4.04. The maximum atomic E-state index is 12.3. The number of carbonyl (C=O) groups is 1. The fourth-order valence-electron chi connectivity index (χ4n) is 2.87. The molecule has 3 rings (SSSR count). The Morgan fingerprint density at radius 2 is 1.83 bits per heavy atom. The largest absolute Gasteiger partial charge is 0.493 e. The maximum absolute atomic E-state index is 12.3. The highest BCUT2D eigenvalue weighted by Gasteiger charge is 2.15. The average molecular weight is 447 g/mol. The van der Waals surface area contributed by atoms with E-state index in [1.807, 2.05) is 54.0 Å². The monoisotopic (exact) mass is 446 g/mol. The van der Waals surface area contributed by atoms with Gasteiger partial charge in [0.1, 0.15) is 0 Å². The third kappa shape index (κ3) is 5.25. The number of halogens is 1. The zero-order valence-corrected chi connectivity index (χ0v) is 18.6. The van der Waals surface area contributed by atoms with E-state index in [4.69, 9.17) is 21.1 Å². The Labute approximate surface area is 184 Å². The van der Waals surface area contributed by atoms with Gasteiger partial charge in [-0.05, 0) is 48.9 Å². The molecule has 1 N–H and O–H groups in total. The molecule has 3 aromatic rings. The maximum Gasteiger partial charge on any atom is 0.230 e. The average Bonchev–Trinajstić information content (AvgIpc) is 3.19. The van der Waals surface area contributed by atoms with E-state index in [-0.39, 0.29) is 11.7 Å². The van der Waals surface area contributed by atoms with Crippen molar-refractivity contribution in [2.24, 2.45) is 0 Å². The van der Waals surface area contributed by atoms with Gasteiger partial charge in [0.25, 0.3) is 0 Å².